The van der Waals surface area contributed by atoms with Gasteiger partial charge < -0.3 is 9.47 Å². The van der Waals surface area contributed by atoms with Gasteiger partial charge in [0.1, 0.15) is 10.6 Å². The van der Waals surface area contributed by atoms with Crippen molar-refractivity contribution in [3.05, 3.63) is 18.0 Å². The van der Waals surface area contributed by atoms with Gasteiger partial charge >= 0.3 is 0 Å². The molecule has 6 nitrogen and oxygen atoms in total. The first-order chi connectivity index (χ1) is 9.54. The van der Waals surface area contributed by atoms with E-state index in [0.717, 1.165) is 12.8 Å². The molecule has 1 amide bonds. The standard InChI is InChI=1S/C14H23N3O3S/c1-10(2)16-9-11(21(15,19)20)8-12(16)13(18)17-7-5-6-14(17,3)4/h8-10H,5-7H2,1-4H3,(H2,15,19,20). The van der Waals surface area contributed by atoms with Crippen molar-refractivity contribution < 1.29 is 13.2 Å². The van der Waals surface area contributed by atoms with Gasteiger partial charge in [0.15, 0.2) is 0 Å². The molecule has 1 saturated heterocycles. The zero-order valence-electron chi connectivity index (χ0n) is 13.0. The largest absolute Gasteiger partial charge is 0.340 e. The predicted octanol–water partition coefficient (Wildman–Crippen LogP) is 1.73. The summed E-state index contributed by atoms with van der Waals surface area (Å²) in [6, 6.07) is 1.36. The molecule has 1 aromatic heterocycles. The van der Waals surface area contributed by atoms with Gasteiger partial charge in [0.25, 0.3) is 5.91 Å². The molecule has 0 radical (unpaired) electrons. The van der Waals surface area contributed by atoms with E-state index in [1.807, 2.05) is 32.6 Å². The number of hydrogen-bond donors (Lipinski definition) is 1. The minimum Gasteiger partial charge on any atom is -0.340 e. The lowest BCUT2D eigenvalue weighted by atomic mass is 10.0. The van der Waals surface area contributed by atoms with E-state index >= 15 is 0 Å². The molecule has 2 rings (SSSR count). The molecular formula is C14H23N3O3S. The molecule has 0 unspecified atom stereocenters. The van der Waals surface area contributed by atoms with Gasteiger partial charge in [-0.2, -0.15) is 0 Å². The van der Waals surface area contributed by atoms with Crippen LogP contribution < -0.4 is 5.14 Å². The van der Waals surface area contributed by atoms with Crippen molar-refractivity contribution >= 4 is 15.9 Å². The molecule has 118 valence electrons. The van der Waals surface area contributed by atoms with Crippen LogP contribution in [0.4, 0.5) is 0 Å². The number of amides is 1. The third-order valence-corrected chi connectivity index (χ3v) is 4.95. The van der Waals surface area contributed by atoms with Crippen molar-refractivity contribution in [3.8, 4) is 0 Å². The topological polar surface area (TPSA) is 85.4 Å². The highest BCUT2D eigenvalue weighted by Gasteiger charge is 2.37. The minimum absolute atomic E-state index is 0.0171. The van der Waals surface area contributed by atoms with Crippen LogP contribution in [0.15, 0.2) is 17.2 Å². The van der Waals surface area contributed by atoms with Gasteiger partial charge in [0.05, 0.1) is 0 Å². The number of hydrogen-bond acceptors (Lipinski definition) is 3. The quantitative estimate of drug-likeness (QED) is 0.922. The molecule has 0 spiro atoms. The van der Waals surface area contributed by atoms with Crippen molar-refractivity contribution in [2.45, 2.75) is 57.0 Å². The highest BCUT2D eigenvalue weighted by Crippen LogP contribution is 2.31. The van der Waals surface area contributed by atoms with E-state index in [0.29, 0.717) is 12.2 Å². The molecular weight excluding hydrogens is 290 g/mol. The zero-order valence-corrected chi connectivity index (χ0v) is 13.8. The average Bonchev–Trinajstić information content (AvgIpc) is 2.90. The maximum Gasteiger partial charge on any atom is 0.270 e. The zero-order chi connectivity index (χ0) is 16.0. The summed E-state index contributed by atoms with van der Waals surface area (Å²) in [6.07, 6.45) is 3.35. The maximum absolute atomic E-state index is 12.8. The molecule has 1 aliphatic heterocycles. The number of aromatic nitrogens is 1. The van der Waals surface area contributed by atoms with Crippen LogP contribution in [-0.4, -0.2) is 35.9 Å². The Bertz CT molecular complexity index is 659. The van der Waals surface area contributed by atoms with Crippen LogP contribution in [-0.2, 0) is 10.0 Å². The van der Waals surface area contributed by atoms with Crippen LogP contribution in [0.1, 0.15) is 57.1 Å². The molecule has 21 heavy (non-hydrogen) atoms. The van der Waals surface area contributed by atoms with Gasteiger partial charge in [0.2, 0.25) is 10.0 Å². The highest BCUT2D eigenvalue weighted by atomic mass is 32.2. The van der Waals surface area contributed by atoms with E-state index < -0.39 is 10.0 Å². The third-order valence-electron chi connectivity index (χ3n) is 4.07. The SMILES string of the molecule is CC(C)n1cc(S(N)(=O)=O)cc1C(=O)N1CCCC1(C)C. The minimum atomic E-state index is -3.82. The second-order valence-corrected chi connectivity index (χ2v) is 8.04. The van der Waals surface area contributed by atoms with Crippen LogP contribution in [0.2, 0.25) is 0 Å². The van der Waals surface area contributed by atoms with Crippen molar-refractivity contribution in [1.82, 2.24) is 9.47 Å². The number of sulfonamides is 1. The number of rotatable bonds is 3. The summed E-state index contributed by atoms with van der Waals surface area (Å²) in [7, 11) is -3.82. The third kappa shape index (κ3) is 2.98. The van der Waals surface area contributed by atoms with Gasteiger partial charge in [-0.15, -0.1) is 0 Å². The Morgan fingerprint density at radius 1 is 1.38 bits per heavy atom. The van der Waals surface area contributed by atoms with E-state index in [2.05, 4.69) is 0 Å². The lowest BCUT2D eigenvalue weighted by Gasteiger charge is -2.32. The van der Waals surface area contributed by atoms with Crippen LogP contribution in [0.25, 0.3) is 0 Å². The fourth-order valence-electron chi connectivity index (χ4n) is 2.83. The van der Waals surface area contributed by atoms with Crippen LogP contribution >= 0.6 is 0 Å². The first kappa shape index (κ1) is 16.0. The average molecular weight is 313 g/mol. The van der Waals surface area contributed by atoms with Gasteiger partial charge in [-0.3, -0.25) is 4.79 Å². The molecule has 0 aromatic carbocycles. The van der Waals surface area contributed by atoms with Gasteiger partial charge in [-0.25, -0.2) is 13.6 Å². The van der Waals surface area contributed by atoms with Gasteiger partial charge in [-0.05, 0) is 46.6 Å². The number of carbonyl (C=O) groups is 1. The molecule has 0 bridgehead atoms. The van der Waals surface area contributed by atoms with E-state index in [4.69, 9.17) is 5.14 Å². The van der Waals surface area contributed by atoms with E-state index in [9.17, 15) is 13.2 Å². The predicted molar refractivity (Wildman–Crippen MR) is 80.5 cm³/mol. The summed E-state index contributed by atoms with van der Waals surface area (Å²) in [5.74, 6) is -0.138. The molecule has 1 aromatic rings. The normalized spacial score (nSPS) is 18.5. The smallest absolute Gasteiger partial charge is 0.270 e. The maximum atomic E-state index is 12.8. The highest BCUT2D eigenvalue weighted by molar-refractivity contribution is 7.89. The first-order valence-corrected chi connectivity index (χ1v) is 8.65. The monoisotopic (exact) mass is 313 g/mol. The van der Waals surface area contributed by atoms with Crippen molar-refractivity contribution in [1.29, 1.82) is 0 Å². The Kier molecular flexibility index (Phi) is 3.92. The number of carbonyl (C=O) groups excluding carboxylic acids is 1. The second-order valence-electron chi connectivity index (χ2n) is 6.48. The first-order valence-electron chi connectivity index (χ1n) is 7.11. The summed E-state index contributed by atoms with van der Waals surface area (Å²) >= 11 is 0. The fraction of sp³-hybridized carbons (Fsp3) is 0.643. The summed E-state index contributed by atoms with van der Waals surface area (Å²) in [4.78, 5) is 14.6. The van der Waals surface area contributed by atoms with Crippen LogP contribution in [0.3, 0.4) is 0 Å². The second kappa shape index (κ2) is 5.14. The Morgan fingerprint density at radius 3 is 2.43 bits per heavy atom. The summed E-state index contributed by atoms with van der Waals surface area (Å²) in [5, 5.41) is 5.18. The summed E-state index contributed by atoms with van der Waals surface area (Å²) < 4.78 is 24.7. The Balaban J connectivity index is 2.48. The molecule has 7 heteroatoms. The van der Waals surface area contributed by atoms with E-state index in [1.54, 1.807) is 4.57 Å². The molecule has 2 N–H and O–H groups in total. The lowest BCUT2D eigenvalue weighted by molar-refractivity contribution is 0.0639. The number of nitrogens with zero attached hydrogens (tertiary/aromatic N) is 2. The van der Waals surface area contributed by atoms with Gasteiger partial charge in [-0.1, -0.05) is 0 Å². The lowest BCUT2D eigenvalue weighted by Crippen LogP contribution is -2.43. The Morgan fingerprint density at radius 2 is 2.00 bits per heavy atom. The summed E-state index contributed by atoms with van der Waals surface area (Å²) in [6.45, 7) is 8.56. The van der Waals surface area contributed by atoms with E-state index in [-0.39, 0.29) is 22.4 Å². The summed E-state index contributed by atoms with van der Waals surface area (Å²) in [5.41, 5.74) is 0.175. The number of likely N-dealkylation sites (tertiary alicyclic amines) is 1. The molecule has 1 aliphatic rings. The Labute approximate surface area is 126 Å². The number of primary sulfonamides is 1. The van der Waals surface area contributed by atoms with Gasteiger partial charge in [0, 0.05) is 24.3 Å². The molecule has 0 atom stereocenters. The molecule has 2 heterocycles. The molecule has 0 saturated carbocycles. The fourth-order valence-corrected chi connectivity index (χ4v) is 3.37. The Hall–Kier alpha value is -1.34. The van der Waals surface area contributed by atoms with E-state index in [1.165, 1.54) is 12.3 Å². The number of nitrogens with two attached hydrogens (primary N) is 1. The van der Waals surface area contributed by atoms with Crippen molar-refractivity contribution in [2.75, 3.05) is 6.54 Å². The van der Waals surface area contributed by atoms with Crippen LogP contribution in [0.5, 0.6) is 0 Å². The molecule has 0 aliphatic carbocycles. The van der Waals surface area contributed by atoms with Crippen LogP contribution in [0, 0.1) is 0 Å². The molecule has 1 fully saturated rings. The van der Waals surface area contributed by atoms with Crippen molar-refractivity contribution in [3.63, 3.8) is 0 Å². The van der Waals surface area contributed by atoms with Crippen molar-refractivity contribution in [2.24, 2.45) is 5.14 Å².